The summed E-state index contributed by atoms with van der Waals surface area (Å²) in [6, 6.07) is 14.0. The highest BCUT2D eigenvalue weighted by atomic mass is 19.1. The summed E-state index contributed by atoms with van der Waals surface area (Å²) < 4.78 is 19.0. The van der Waals surface area contributed by atoms with Crippen LogP contribution in [0.25, 0.3) is 0 Å². The molecule has 0 atom stereocenters. The molecule has 3 aromatic rings. The minimum absolute atomic E-state index is 0.00585. The van der Waals surface area contributed by atoms with Gasteiger partial charge in [0.15, 0.2) is 11.6 Å². The lowest BCUT2D eigenvalue weighted by Gasteiger charge is -2.10. The fourth-order valence-electron chi connectivity index (χ4n) is 2.79. The van der Waals surface area contributed by atoms with Crippen LogP contribution in [0.1, 0.15) is 25.3 Å². The third-order valence-electron chi connectivity index (χ3n) is 4.21. The number of aromatic hydroxyl groups is 1. The molecule has 3 rings (SSSR count). The zero-order valence-electron chi connectivity index (χ0n) is 16.6. The summed E-state index contributed by atoms with van der Waals surface area (Å²) in [4.78, 5) is 19.5. The Balaban J connectivity index is 1.60. The molecule has 2 aromatic carbocycles. The molecule has 0 amide bonds. The number of carbonyl (C=O) groups excluding carboxylic acids is 1. The smallest absolute Gasteiger partial charge is 0.305 e. The molecule has 1 aromatic heterocycles. The lowest BCUT2D eigenvalue weighted by atomic mass is 10.1. The second kappa shape index (κ2) is 10.2. The van der Waals surface area contributed by atoms with E-state index in [1.54, 1.807) is 19.1 Å². The zero-order valence-corrected chi connectivity index (χ0v) is 16.6. The average molecular weight is 410 g/mol. The first-order valence-corrected chi connectivity index (χ1v) is 9.63. The van der Waals surface area contributed by atoms with E-state index in [1.807, 2.05) is 24.3 Å². The summed E-state index contributed by atoms with van der Waals surface area (Å²) in [5.74, 6) is -0.502. The molecule has 0 radical (unpaired) electrons. The number of hydrogen-bond donors (Lipinski definition) is 3. The van der Waals surface area contributed by atoms with Gasteiger partial charge in [0.05, 0.1) is 12.8 Å². The highest BCUT2D eigenvalue weighted by molar-refractivity contribution is 5.69. The minimum Gasteiger partial charge on any atom is -0.508 e. The monoisotopic (exact) mass is 410 g/mol. The number of aromatic nitrogens is 2. The molecule has 0 aliphatic heterocycles. The Bertz CT molecular complexity index is 996. The van der Waals surface area contributed by atoms with Crippen molar-refractivity contribution in [2.75, 3.05) is 17.2 Å². The highest BCUT2D eigenvalue weighted by Crippen LogP contribution is 2.23. The van der Waals surface area contributed by atoms with Crippen LogP contribution < -0.4 is 10.6 Å². The Morgan fingerprint density at radius 2 is 1.93 bits per heavy atom. The standard InChI is InChI=1S/C22H23FN4O3/c1-2-30-20(29)8-3-5-15-9-11-16(12-10-15)26-22-24-14-19(23)21(27-22)25-17-6-4-7-18(28)13-17/h4,6-7,9-14,28H,2-3,5,8H2,1H3,(H2,24,25,26,27). The maximum atomic E-state index is 14.1. The van der Waals surface area contributed by atoms with Crippen molar-refractivity contribution in [3.05, 3.63) is 66.1 Å². The molecule has 1 heterocycles. The molecule has 0 saturated heterocycles. The maximum absolute atomic E-state index is 14.1. The second-order valence-electron chi connectivity index (χ2n) is 6.55. The number of rotatable bonds is 9. The number of phenols is 1. The van der Waals surface area contributed by atoms with E-state index in [2.05, 4.69) is 20.6 Å². The largest absolute Gasteiger partial charge is 0.508 e. The number of ether oxygens (including phenoxy) is 1. The fraction of sp³-hybridized carbons (Fsp3) is 0.227. The van der Waals surface area contributed by atoms with Gasteiger partial charge in [0.2, 0.25) is 5.95 Å². The van der Waals surface area contributed by atoms with E-state index in [0.29, 0.717) is 18.7 Å². The van der Waals surface area contributed by atoms with Crippen molar-refractivity contribution in [2.45, 2.75) is 26.2 Å². The summed E-state index contributed by atoms with van der Waals surface area (Å²) in [5, 5.41) is 15.4. The molecule has 30 heavy (non-hydrogen) atoms. The summed E-state index contributed by atoms with van der Waals surface area (Å²) in [5.41, 5.74) is 2.35. The summed E-state index contributed by atoms with van der Waals surface area (Å²) >= 11 is 0. The van der Waals surface area contributed by atoms with E-state index < -0.39 is 5.82 Å². The van der Waals surface area contributed by atoms with E-state index >= 15 is 0 Å². The van der Waals surface area contributed by atoms with Gasteiger partial charge in [0, 0.05) is 23.9 Å². The van der Waals surface area contributed by atoms with Gasteiger partial charge in [-0.25, -0.2) is 9.37 Å². The van der Waals surface area contributed by atoms with Gasteiger partial charge in [-0.3, -0.25) is 4.79 Å². The molecular formula is C22H23FN4O3. The zero-order chi connectivity index (χ0) is 21.3. The normalized spacial score (nSPS) is 10.5. The van der Waals surface area contributed by atoms with Crippen molar-refractivity contribution in [2.24, 2.45) is 0 Å². The van der Waals surface area contributed by atoms with Gasteiger partial charge in [-0.1, -0.05) is 18.2 Å². The van der Waals surface area contributed by atoms with Crippen molar-refractivity contribution in [1.82, 2.24) is 9.97 Å². The SMILES string of the molecule is CCOC(=O)CCCc1ccc(Nc2ncc(F)c(Nc3cccc(O)c3)n2)cc1. The molecule has 0 fully saturated rings. The molecule has 0 aliphatic carbocycles. The molecule has 0 bridgehead atoms. The summed E-state index contributed by atoms with van der Waals surface area (Å²) in [6.07, 6.45) is 2.96. The summed E-state index contributed by atoms with van der Waals surface area (Å²) in [6.45, 7) is 2.19. The van der Waals surface area contributed by atoms with Gasteiger partial charge in [0.25, 0.3) is 0 Å². The van der Waals surface area contributed by atoms with Crippen LogP contribution in [0.4, 0.5) is 27.5 Å². The quantitative estimate of drug-likeness (QED) is 0.440. The number of hydrogen-bond acceptors (Lipinski definition) is 7. The van der Waals surface area contributed by atoms with Crippen molar-refractivity contribution < 1.29 is 19.0 Å². The first-order valence-electron chi connectivity index (χ1n) is 9.63. The first kappa shape index (κ1) is 21.0. The minimum atomic E-state index is -0.610. The fourth-order valence-corrected chi connectivity index (χ4v) is 2.79. The number of nitrogens with zero attached hydrogens (tertiary/aromatic N) is 2. The molecule has 8 heteroatoms. The molecular weight excluding hydrogens is 387 g/mol. The van der Waals surface area contributed by atoms with Crippen molar-refractivity contribution in [3.8, 4) is 5.75 Å². The highest BCUT2D eigenvalue weighted by Gasteiger charge is 2.09. The van der Waals surface area contributed by atoms with E-state index in [0.717, 1.165) is 30.3 Å². The van der Waals surface area contributed by atoms with Gasteiger partial charge < -0.3 is 20.5 Å². The predicted molar refractivity (Wildman–Crippen MR) is 113 cm³/mol. The Morgan fingerprint density at radius 3 is 2.67 bits per heavy atom. The van der Waals surface area contributed by atoms with Gasteiger partial charge in [-0.05, 0) is 49.6 Å². The number of carbonyl (C=O) groups is 1. The van der Waals surface area contributed by atoms with E-state index in [-0.39, 0.29) is 23.5 Å². The molecule has 3 N–H and O–H groups in total. The van der Waals surface area contributed by atoms with E-state index in [9.17, 15) is 14.3 Å². The molecule has 156 valence electrons. The van der Waals surface area contributed by atoms with Crippen molar-refractivity contribution >= 4 is 29.1 Å². The third kappa shape index (κ3) is 6.16. The lowest BCUT2D eigenvalue weighted by molar-refractivity contribution is -0.143. The Labute approximate surface area is 174 Å². The maximum Gasteiger partial charge on any atom is 0.305 e. The van der Waals surface area contributed by atoms with Gasteiger partial charge in [0.1, 0.15) is 5.75 Å². The van der Waals surface area contributed by atoms with Crippen LogP contribution in [0.5, 0.6) is 5.75 Å². The molecule has 0 aliphatic rings. The third-order valence-corrected chi connectivity index (χ3v) is 4.21. The van der Waals surface area contributed by atoms with Crippen molar-refractivity contribution in [1.29, 1.82) is 0 Å². The number of phenolic OH excluding ortho intramolecular Hbond substituents is 1. The number of nitrogens with one attached hydrogen (secondary N) is 2. The number of esters is 1. The Hall–Kier alpha value is -3.68. The van der Waals surface area contributed by atoms with Crippen LogP contribution >= 0.6 is 0 Å². The number of anilines is 4. The number of halogens is 1. The topological polar surface area (TPSA) is 96.4 Å². The van der Waals surface area contributed by atoms with Gasteiger partial charge in [-0.15, -0.1) is 0 Å². The molecule has 0 unspecified atom stereocenters. The predicted octanol–water partition coefficient (Wildman–Crippen LogP) is 4.69. The number of aryl methyl sites for hydroxylation is 1. The molecule has 0 spiro atoms. The van der Waals surface area contributed by atoms with Crippen LogP contribution in [-0.4, -0.2) is 27.7 Å². The van der Waals surface area contributed by atoms with Crippen molar-refractivity contribution in [3.63, 3.8) is 0 Å². The molecule has 7 nitrogen and oxygen atoms in total. The van der Waals surface area contributed by atoms with Crippen LogP contribution in [-0.2, 0) is 16.0 Å². The van der Waals surface area contributed by atoms with Crippen LogP contribution in [0.2, 0.25) is 0 Å². The van der Waals surface area contributed by atoms with Gasteiger partial charge >= 0.3 is 5.97 Å². The van der Waals surface area contributed by atoms with E-state index in [4.69, 9.17) is 4.74 Å². The van der Waals surface area contributed by atoms with Crippen LogP contribution in [0.15, 0.2) is 54.7 Å². The lowest BCUT2D eigenvalue weighted by Crippen LogP contribution is -2.04. The van der Waals surface area contributed by atoms with Gasteiger partial charge in [-0.2, -0.15) is 4.98 Å². The Morgan fingerprint density at radius 1 is 1.13 bits per heavy atom. The molecule has 0 saturated carbocycles. The second-order valence-corrected chi connectivity index (χ2v) is 6.55. The van der Waals surface area contributed by atoms with E-state index in [1.165, 1.54) is 12.1 Å². The summed E-state index contributed by atoms with van der Waals surface area (Å²) in [7, 11) is 0. The van der Waals surface area contributed by atoms with Crippen LogP contribution in [0.3, 0.4) is 0 Å². The number of benzene rings is 2. The Kier molecular flexibility index (Phi) is 7.15. The van der Waals surface area contributed by atoms with Crippen LogP contribution in [0, 0.1) is 5.82 Å². The first-order chi connectivity index (χ1) is 14.5. The average Bonchev–Trinajstić information content (AvgIpc) is 2.72.